The van der Waals surface area contributed by atoms with Crippen molar-refractivity contribution in [2.45, 2.75) is 77.7 Å². The number of pyridine rings is 1. The minimum Gasteiger partial charge on any atom is -0.381 e. The van der Waals surface area contributed by atoms with Gasteiger partial charge in [0.2, 0.25) is 0 Å². The number of nitrogens with one attached hydrogen (secondary N) is 1. The van der Waals surface area contributed by atoms with Crippen molar-refractivity contribution in [3.05, 3.63) is 47.8 Å². The lowest BCUT2D eigenvalue weighted by atomic mass is 9.46. The highest BCUT2D eigenvalue weighted by Gasteiger charge is 2.57. The summed E-state index contributed by atoms with van der Waals surface area (Å²) >= 11 is 0. The summed E-state index contributed by atoms with van der Waals surface area (Å²) in [5.41, 5.74) is 8.15. The fraction of sp³-hybridized carbons (Fsp3) is 0.667. The van der Waals surface area contributed by atoms with Crippen molar-refractivity contribution >= 4 is 11.5 Å². The van der Waals surface area contributed by atoms with Crippen LogP contribution in [0.15, 0.2) is 42.3 Å². The molecule has 6 rings (SSSR count). The second kappa shape index (κ2) is 9.15. The highest BCUT2D eigenvalue weighted by Crippen LogP contribution is 2.66. The first-order valence-corrected chi connectivity index (χ1v) is 13.9. The Morgan fingerprint density at radius 2 is 1.91 bits per heavy atom. The van der Waals surface area contributed by atoms with E-state index in [2.05, 4.69) is 54.8 Å². The van der Waals surface area contributed by atoms with Gasteiger partial charge in [-0.3, -0.25) is 9.78 Å². The highest BCUT2D eigenvalue weighted by atomic mass is 16.7. The number of hydroxylamine groups is 1. The van der Waals surface area contributed by atoms with Crippen molar-refractivity contribution in [3.63, 3.8) is 0 Å². The van der Waals surface area contributed by atoms with Crippen LogP contribution in [0.2, 0.25) is 0 Å². The number of carbonyl (C=O) groups is 1. The topological polar surface area (TPSA) is 60.5 Å². The molecule has 6 atom stereocenters. The maximum Gasteiger partial charge on any atom is 0.327 e. The molecule has 5 heteroatoms. The number of hydrogen-bond acceptors (Lipinski definition) is 5. The van der Waals surface area contributed by atoms with Crippen LogP contribution >= 0.6 is 0 Å². The van der Waals surface area contributed by atoms with Gasteiger partial charge in [-0.05, 0) is 104 Å². The summed E-state index contributed by atoms with van der Waals surface area (Å²) in [5.74, 6) is 2.14. The van der Waals surface area contributed by atoms with Crippen molar-refractivity contribution < 1.29 is 14.4 Å². The van der Waals surface area contributed by atoms with E-state index in [0.717, 1.165) is 37.0 Å². The van der Waals surface area contributed by atoms with E-state index in [1.165, 1.54) is 44.1 Å². The Labute approximate surface area is 209 Å². The van der Waals surface area contributed by atoms with Gasteiger partial charge < -0.3 is 9.57 Å². The molecule has 35 heavy (non-hydrogen) atoms. The number of carbonyl (C=O) groups excluding carboxylic acids is 1. The average Bonchev–Trinajstić information content (AvgIpc) is 3.25. The predicted molar refractivity (Wildman–Crippen MR) is 136 cm³/mol. The highest BCUT2D eigenvalue weighted by molar-refractivity contribution is 5.73. The fourth-order valence-electron chi connectivity index (χ4n) is 8.51. The molecular formula is C30H40N2O3. The van der Waals surface area contributed by atoms with E-state index in [1.54, 1.807) is 11.1 Å². The molecule has 5 nitrogen and oxygen atoms in total. The quantitative estimate of drug-likeness (QED) is 0.434. The Bertz CT molecular complexity index is 1010. The number of fused-ring (bicyclic) bond motifs is 5. The van der Waals surface area contributed by atoms with Crippen molar-refractivity contribution in [1.29, 1.82) is 0 Å². The molecule has 0 aromatic carbocycles. The van der Waals surface area contributed by atoms with Crippen LogP contribution in [0.1, 0.15) is 77.2 Å². The van der Waals surface area contributed by atoms with Crippen LogP contribution in [-0.2, 0) is 14.4 Å². The molecule has 188 valence electrons. The van der Waals surface area contributed by atoms with Crippen molar-refractivity contribution in [1.82, 2.24) is 10.5 Å². The van der Waals surface area contributed by atoms with Crippen molar-refractivity contribution in [2.75, 3.05) is 13.2 Å². The number of aromatic nitrogens is 1. The lowest BCUT2D eigenvalue weighted by molar-refractivity contribution is -0.161. The average molecular weight is 477 g/mol. The molecule has 0 spiro atoms. The van der Waals surface area contributed by atoms with E-state index >= 15 is 0 Å². The zero-order valence-corrected chi connectivity index (χ0v) is 21.3. The van der Waals surface area contributed by atoms with Gasteiger partial charge in [0, 0.05) is 25.6 Å². The SMILES string of the molecule is CC12CCC(NOC(=O)C3CCOCC3)C=C1CCC1C2CCC2(C)C(c3cccnc3)=CCC12. The summed E-state index contributed by atoms with van der Waals surface area (Å²) in [6.07, 6.45) is 18.9. The second-order valence-electron chi connectivity index (χ2n) is 12.1. The number of ether oxygens (including phenoxy) is 1. The molecular weight excluding hydrogens is 436 g/mol. The second-order valence-corrected chi connectivity index (χ2v) is 12.1. The standard InChI is InChI=1S/C30H40N2O3/c1-29-13-9-23(32-35-28(33)20-11-16-34-17-12-20)18-22(29)5-6-24-26-8-7-25(21-4-3-15-31-19-21)30(26,2)14-10-27(24)29/h3-4,7,15,18-20,23-24,26-27,32H,5-6,8-14,16-17H2,1-2H3. The molecule has 6 unspecified atom stereocenters. The van der Waals surface area contributed by atoms with Crippen LogP contribution in [-0.4, -0.2) is 30.2 Å². The summed E-state index contributed by atoms with van der Waals surface area (Å²) in [6.45, 7) is 6.38. The first-order valence-electron chi connectivity index (χ1n) is 13.9. The third kappa shape index (κ3) is 3.99. The monoisotopic (exact) mass is 476 g/mol. The van der Waals surface area contributed by atoms with Gasteiger partial charge in [-0.2, -0.15) is 0 Å². The molecule has 0 bridgehead atoms. The molecule has 2 heterocycles. The third-order valence-electron chi connectivity index (χ3n) is 10.5. The summed E-state index contributed by atoms with van der Waals surface area (Å²) in [6, 6.07) is 4.45. The molecule has 1 aliphatic heterocycles. The van der Waals surface area contributed by atoms with E-state index in [-0.39, 0.29) is 28.8 Å². The first kappa shape index (κ1) is 23.4. The van der Waals surface area contributed by atoms with Gasteiger partial charge in [-0.15, -0.1) is 5.48 Å². The molecule has 5 aliphatic rings. The first-order chi connectivity index (χ1) is 17.0. The van der Waals surface area contributed by atoms with Crippen LogP contribution < -0.4 is 5.48 Å². The molecule has 4 aliphatic carbocycles. The summed E-state index contributed by atoms with van der Waals surface area (Å²) in [4.78, 5) is 22.4. The maximum atomic E-state index is 12.5. The summed E-state index contributed by atoms with van der Waals surface area (Å²) < 4.78 is 5.37. The molecule has 2 saturated carbocycles. The summed E-state index contributed by atoms with van der Waals surface area (Å²) in [7, 11) is 0. The Kier molecular flexibility index (Phi) is 6.12. The Morgan fingerprint density at radius 3 is 2.71 bits per heavy atom. The van der Waals surface area contributed by atoms with Crippen LogP contribution in [0.3, 0.4) is 0 Å². The Morgan fingerprint density at radius 1 is 1.09 bits per heavy atom. The van der Waals surface area contributed by atoms with E-state index in [4.69, 9.17) is 9.57 Å². The lowest BCUT2D eigenvalue weighted by Crippen LogP contribution is -2.51. The number of allylic oxidation sites excluding steroid dienone is 3. The molecule has 1 N–H and O–H groups in total. The predicted octanol–water partition coefficient (Wildman–Crippen LogP) is 5.88. The van der Waals surface area contributed by atoms with Gasteiger partial charge in [0.15, 0.2) is 0 Å². The normalized spacial score (nSPS) is 39.0. The van der Waals surface area contributed by atoms with Gasteiger partial charge >= 0.3 is 5.97 Å². The van der Waals surface area contributed by atoms with E-state index in [1.807, 2.05) is 6.20 Å². The Balaban J connectivity index is 1.14. The van der Waals surface area contributed by atoms with Crippen molar-refractivity contribution in [3.8, 4) is 0 Å². The van der Waals surface area contributed by atoms with Gasteiger partial charge in [0.05, 0.1) is 12.0 Å². The smallest absolute Gasteiger partial charge is 0.327 e. The molecule has 1 saturated heterocycles. The van der Waals surface area contributed by atoms with Gasteiger partial charge in [0.1, 0.15) is 0 Å². The largest absolute Gasteiger partial charge is 0.381 e. The minimum atomic E-state index is -0.117. The number of rotatable bonds is 4. The zero-order valence-electron chi connectivity index (χ0n) is 21.3. The third-order valence-corrected chi connectivity index (χ3v) is 10.5. The van der Waals surface area contributed by atoms with Crippen LogP contribution in [0.25, 0.3) is 5.57 Å². The number of hydrogen-bond donors (Lipinski definition) is 1. The van der Waals surface area contributed by atoms with Gasteiger partial charge in [-0.1, -0.05) is 37.6 Å². The van der Waals surface area contributed by atoms with Crippen LogP contribution in [0, 0.1) is 34.5 Å². The zero-order chi connectivity index (χ0) is 24.0. The van der Waals surface area contributed by atoms with E-state index in [9.17, 15) is 4.79 Å². The van der Waals surface area contributed by atoms with Crippen LogP contribution in [0.5, 0.6) is 0 Å². The molecule has 1 aromatic heterocycles. The minimum absolute atomic E-state index is 0.0265. The molecule has 3 fully saturated rings. The van der Waals surface area contributed by atoms with Crippen LogP contribution in [0.4, 0.5) is 0 Å². The lowest BCUT2D eigenvalue weighted by Gasteiger charge is -2.58. The number of nitrogens with zero attached hydrogens (tertiary/aromatic N) is 1. The van der Waals surface area contributed by atoms with E-state index in [0.29, 0.717) is 13.2 Å². The maximum absolute atomic E-state index is 12.5. The molecule has 0 radical (unpaired) electrons. The van der Waals surface area contributed by atoms with Gasteiger partial charge in [0.25, 0.3) is 0 Å². The fourth-order valence-corrected chi connectivity index (χ4v) is 8.51. The van der Waals surface area contributed by atoms with Crippen molar-refractivity contribution in [2.24, 2.45) is 34.5 Å². The molecule has 0 amide bonds. The molecule has 1 aromatic rings. The summed E-state index contributed by atoms with van der Waals surface area (Å²) in [5, 5.41) is 0. The van der Waals surface area contributed by atoms with E-state index < -0.39 is 0 Å². The van der Waals surface area contributed by atoms with Gasteiger partial charge in [-0.25, -0.2) is 0 Å². The Hall–Kier alpha value is -1.98.